The third-order valence-electron chi connectivity index (χ3n) is 3.83. The fourth-order valence-electron chi connectivity index (χ4n) is 2.44. The maximum atomic E-state index is 9.13. The molecule has 0 unspecified atom stereocenters. The molecule has 0 saturated heterocycles. The summed E-state index contributed by atoms with van der Waals surface area (Å²) in [6, 6.07) is 0. The number of hydrazine groups is 1. The Bertz CT molecular complexity index is 197. The van der Waals surface area contributed by atoms with Crippen LogP contribution < -0.4 is 11.3 Å². The highest BCUT2D eigenvalue weighted by Crippen LogP contribution is 2.13. The Balaban J connectivity index is 0. The molecule has 0 aliphatic rings. The molecule has 0 aliphatic heterocycles. The highest BCUT2D eigenvalue weighted by Gasteiger charge is 1.93. The van der Waals surface area contributed by atoms with Crippen LogP contribution in [0, 0.1) is 0 Å². The number of nitrogens with one attached hydrogen (secondary N) is 1. The molecular weight excluding hydrogens is 276 g/mol. The minimum atomic E-state index is -1.22. The summed E-state index contributed by atoms with van der Waals surface area (Å²) in [5.41, 5.74) is 1.44. The molecule has 0 aromatic heterocycles. The van der Waals surface area contributed by atoms with Gasteiger partial charge in [0.1, 0.15) is 0 Å². The van der Waals surface area contributed by atoms with E-state index in [2.05, 4.69) is 19.7 Å². The van der Waals surface area contributed by atoms with Gasteiger partial charge in [0.15, 0.2) is 0 Å². The maximum absolute atomic E-state index is 9.13. The lowest BCUT2D eigenvalue weighted by Crippen LogP contribution is -2.27. The number of carbonyl (C=O) groups is 1. The van der Waals surface area contributed by atoms with Crippen molar-refractivity contribution in [3.05, 3.63) is 0 Å². The molecule has 0 saturated carbocycles. The predicted molar refractivity (Wildman–Crippen MR) is 96.0 cm³/mol. The minimum absolute atomic E-state index is 1.22. The number of unbranched alkanes of at least 4 members (excludes halogenated alkanes) is 14. The Morgan fingerprint density at radius 2 is 0.864 bits per heavy atom. The van der Waals surface area contributed by atoms with Crippen molar-refractivity contribution in [3.8, 4) is 0 Å². The lowest BCUT2D eigenvalue weighted by Gasteiger charge is -2.02. The van der Waals surface area contributed by atoms with E-state index in [1.54, 1.807) is 0 Å². The van der Waals surface area contributed by atoms with Gasteiger partial charge in [0.05, 0.1) is 0 Å². The van der Waals surface area contributed by atoms with E-state index < -0.39 is 6.09 Å². The number of hydrogen-bond acceptors (Lipinski definition) is 2. The number of hydrogen-bond donors (Lipinski definition) is 3. The van der Waals surface area contributed by atoms with E-state index in [1.807, 2.05) is 0 Å². The number of nitrogens with two attached hydrogens (primary N) is 1. The van der Waals surface area contributed by atoms with Crippen molar-refractivity contribution in [2.75, 3.05) is 0 Å². The Hall–Kier alpha value is -0.770. The van der Waals surface area contributed by atoms with Crippen LogP contribution in [0.2, 0.25) is 0 Å². The molecule has 0 radical (unpaired) electrons. The van der Waals surface area contributed by atoms with Crippen molar-refractivity contribution >= 4 is 6.09 Å². The highest BCUT2D eigenvalue weighted by molar-refractivity contribution is 5.63. The molecule has 4 N–H and O–H groups in total. The fraction of sp³-hybridized carbons (Fsp3) is 0.944. The molecule has 4 nitrogen and oxygen atoms in total. The molecule has 0 rings (SSSR count). The normalized spacial score (nSPS) is 9.95. The predicted octanol–water partition coefficient (Wildman–Crippen LogP) is 6.01. The molecule has 0 fully saturated rings. The molecule has 0 aliphatic carbocycles. The minimum Gasteiger partial charge on any atom is -0.464 e. The monoisotopic (exact) mass is 316 g/mol. The second kappa shape index (κ2) is 22.5. The smallest absolute Gasteiger partial charge is 0.418 e. The summed E-state index contributed by atoms with van der Waals surface area (Å²) in [5, 5.41) is 7.49. The van der Waals surface area contributed by atoms with Crippen LogP contribution in [0.3, 0.4) is 0 Å². The first-order valence-electron chi connectivity index (χ1n) is 9.38. The molecule has 0 spiro atoms. The van der Waals surface area contributed by atoms with Crippen molar-refractivity contribution in [3.63, 3.8) is 0 Å². The molecule has 0 atom stereocenters. The van der Waals surface area contributed by atoms with Gasteiger partial charge in [-0.15, -0.1) is 0 Å². The molecule has 0 aromatic rings. The molecule has 0 bridgehead atoms. The van der Waals surface area contributed by atoms with E-state index in [0.29, 0.717) is 0 Å². The number of rotatable bonds is 14. The summed E-state index contributed by atoms with van der Waals surface area (Å²) in [6.07, 6.45) is 20.7. The van der Waals surface area contributed by atoms with E-state index in [0.717, 1.165) is 0 Å². The van der Waals surface area contributed by atoms with Gasteiger partial charge in [0.25, 0.3) is 0 Å². The lowest BCUT2D eigenvalue weighted by atomic mass is 10.0. The SMILES string of the molecule is CCCCCCCCCCCCCCCCC.NNC(=O)O. The zero-order valence-corrected chi connectivity index (χ0v) is 15.0. The summed E-state index contributed by atoms with van der Waals surface area (Å²) >= 11 is 0. The van der Waals surface area contributed by atoms with Crippen LogP contribution >= 0.6 is 0 Å². The van der Waals surface area contributed by atoms with Crippen molar-refractivity contribution in [1.29, 1.82) is 0 Å². The molecular formula is C18H40N2O2. The van der Waals surface area contributed by atoms with E-state index in [1.165, 1.54) is 102 Å². The quantitative estimate of drug-likeness (QED) is 0.159. The summed E-state index contributed by atoms with van der Waals surface area (Å²) in [6.45, 7) is 4.58. The highest BCUT2D eigenvalue weighted by atomic mass is 16.4. The van der Waals surface area contributed by atoms with Crippen molar-refractivity contribution in [1.82, 2.24) is 5.43 Å². The average molecular weight is 317 g/mol. The van der Waals surface area contributed by atoms with Gasteiger partial charge in [-0.1, -0.05) is 110 Å². The Labute approximate surface area is 138 Å². The first-order valence-corrected chi connectivity index (χ1v) is 9.38. The largest absolute Gasteiger partial charge is 0.464 e. The van der Waals surface area contributed by atoms with Gasteiger partial charge >= 0.3 is 6.09 Å². The summed E-state index contributed by atoms with van der Waals surface area (Å²) in [7, 11) is 0. The van der Waals surface area contributed by atoms with Crippen LogP contribution in [0.1, 0.15) is 110 Å². The van der Waals surface area contributed by atoms with E-state index >= 15 is 0 Å². The van der Waals surface area contributed by atoms with Gasteiger partial charge in [0.2, 0.25) is 0 Å². The van der Waals surface area contributed by atoms with E-state index in [9.17, 15) is 0 Å². The average Bonchev–Trinajstić information content (AvgIpc) is 2.52. The van der Waals surface area contributed by atoms with E-state index in [4.69, 9.17) is 9.90 Å². The Kier molecular flexibility index (Phi) is 24.0. The van der Waals surface area contributed by atoms with Gasteiger partial charge in [-0.2, -0.15) is 0 Å². The number of carboxylic acid groups (broad SMARTS) is 1. The van der Waals surface area contributed by atoms with Crippen molar-refractivity contribution < 1.29 is 9.90 Å². The van der Waals surface area contributed by atoms with Crippen LogP contribution in [0.5, 0.6) is 0 Å². The first kappa shape index (κ1) is 23.5. The second-order valence-corrected chi connectivity index (χ2v) is 6.05. The molecule has 1 amide bonds. The second-order valence-electron chi connectivity index (χ2n) is 6.05. The first-order chi connectivity index (χ1) is 10.7. The molecule has 0 aromatic carbocycles. The number of amides is 1. The molecule has 4 heteroatoms. The Morgan fingerprint density at radius 3 is 1.00 bits per heavy atom. The van der Waals surface area contributed by atoms with Crippen molar-refractivity contribution in [2.24, 2.45) is 5.84 Å². The zero-order valence-electron chi connectivity index (χ0n) is 15.0. The fourth-order valence-corrected chi connectivity index (χ4v) is 2.44. The van der Waals surface area contributed by atoms with Crippen LogP contribution in [0.4, 0.5) is 4.79 Å². The summed E-state index contributed by atoms with van der Waals surface area (Å²) in [5.74, 6) is 4.32. The molecule has 134 valence electrons. The van der Waals surface area contributed by atoms with Gasteiger partial charge in [0, 0.05) is 0 Å². The van der Waals surface area contributed by atoms with Crippen LogP contribution in [0.25, 0.3) is 0 Å². The Morgan fingerprint density at radius 1 is 0.682 bits per heavy atom. The van der Waals surface area contributed by atoms with Crippen LogP contribution in [-0.4, -0.2) is 11.2 Å². The summed E-state index contributed by atoms with van der Waals surface area (Å²) < 4.78 is 0. The third-order valence-corrected chi connectivity index (χ3v) is 3.83. The standard InChI is InChI=1S/C17H36.CH4N2O2/c1-3-5-7-9-11-13-15-17-16-14-12-10-8-6-4-2;2-3-1(4)5/h3-17H2,1-2H3;3H,2H2,(H,4,5). The molecule has 22 heavy (non-hydrogen) atoms. The third kappa shape index (κ3) is 27.6. The van der Waals surface area contributed by atoms with Crippen LogP contribution in [-0.2, 0) is 0 Å². The topological polar surface area (TPSA) is 75.3 Å². The van der Waals surface area contributed by atoms with Gasteiger partial charge < -0.3 is 5.11 Å². The van der Waals surface area contributed by atoms with Gasteiger partial charge in [-0.25, -0.2) is 10.6 Å². The maximum Gasteiger partial charge on any atom is 0.418 e. The van der Waals surface area contributed by atoms with Gasteiger partial charge in [-0.3, -0.25) is 5.43 Å². The van der Waals surface area contributed by atoms with E-state index in [-0.39, 0.29) is 0 Å². The lowest BCUT2D eigenvalue weighted by molar-refractivity contribution is 0.194. The van der Waals surface area contributed by atoms with Crippen molar-refractivity contribution in [2.45, 2.75) is 110 Å². The molecule has 0 heterocycles. The zero-order chi connectivity index (χ0) is 16.9. The van der Waals surface area contributed by atoms with Crippen LogP contribution in [0.15, 0.2) is 0 Å². The van der Waals surface area contributed by atoms with Gasteiger partial charge in [-0.05, 0) is 0 Å². The summed E-state index contributed by atoms with van der Waals surface area (Å²) in [4.78, 5) is 9.13.